The number of pyridine rings is 1. The summed E-state index contributed by atoms with van der Waals surface area (Å²) in [7, 11) is 0. The summed E-state index contributed by atoms with van der Waals surface area (Å²) < 4.78 is 2.19. The Bertz CT molecular complexity index is 752. The van der Waals surface area contributed by atoms with Gasteiger partial charge in [0.1, 0.15) is 5.65 Å². The Balaban J connectivity index is 2.06. The zero-order valence-corrected chi connectivity index (χ0v) is 11.9. The Morgan fingerprint density at radius 3 is 2.60 bits per heavy atom. The van der Waals surface area contributed by atoms with Gasteiger partial charge in [-0.3, -0.25) is 0 Å². The van der Waals surface area contributed by atoms with Crippen molar-refractivity contribution in [3.8, 4) is 0 Å². The van der Waals surface area contributed by atoms with E-state index in [-0.39, 0.29) is 0 Å². The normalized spacial score (nSPS) is 11.5. The predicted octanol–water partition coefficient (Wildman–Crippen LogP) is 4.38. The van der Waals surface area contributed by atoms with E-state index >= 15 is 0 Å². The molecule has 100 valence electrons. The second-order valence-electron chi connectivity index (χ2n) is 4.90. The number of hydrogen-bond donors (Lipinski definition) is 0. The van der Waals surface area contributed by atoms with E-state index in [0.29, 0.717) is 0 Å². The molecule has 20 heavy (non-hydrogen) atoms. The van der Waals surface area contributed by atoms with Crippen LogP contribution in [0.2, 0.25) is 0 Å². The molecule has 0 saturated heterocycles. The van der Waals surface area contributed by atoms with Gasteiger partial charge >= 0.3 is 0 Å². The van der Waals surface area contributed by atoms with E-state index in [1.165, 1.54) is 11.3 Å². The molecule has 0 radical (unpaired) electrons. The van der Waals surface area contributed by atoms with Crippen molar-refractivity contribution in [1.29, 1.82) is 0 Å². The van der Waals surface area contributed by atoms with E-state index in [0.717, 1.165) is 23.3 Å². The molecule has 3 aromatic rings. The number of aromatic nitrogens is 2. The Hall–Kier alpha value is -2.35. The van der Waals surface area contributed by atoms with Crippen molar-refractivity contribution in [2.24, 2.45) is 0 Å². The van der Waals surface area contributed by atoms with Crippen molar-refractivity contribution >= 4 is 17.8 Å². The van der Waals surface area contributed by atoms with Gasteiger partial charge in [-0.15, -0.1) is 0 Å². The SMILES string of the molecule is CCc1c(C)nc2c(/C=C\c3ccccc3)cccn12. The lowest BCUT2D eigenvalue weighted by atomic mass is 10.1. The van der Waals surface area contributed by atoms with Gasteiger partial charge in [-0.2, -0.15) is 0 Å². The number of rotatable bonds is 3. The predicted molar refractivity (Wildman–Crippen MR) is 84.7 cm³/mol. The van der Waals surface area contributed by atoms with Gasteiger partial charge in [-0.25, -0.2) is 4.98 Å². The minimum absolute atomic E-state index is 0.999. The second-order valence-corrected chi connectivity index (χ2v) is 4.90. The van der Waals surface area contributed by atoms with Crippen LogP contribution in [-0.4, -0.2) is 9.38 Å². The first kappa shape index (κ1) is 12.7. The molecule has 0 aliphatic rings. The minimum atomic E-state index is 0.999. The molecular weight excluding hydrogens is 244 g/mol. The third kappa shape index (κ3) is 2.25. The van der Waals surface area contributed by atoms with Crippen LogP contribution in [-0.2, 0) is 6.42 Å². The molecule has 0 bridgehead atoms. The van der Waals surface area contributed by atoms with Gasteiger partial charge in [0, 0.05) is 17.5 Å². The van der Waals surface area contributed by atoms with E-state index in [9.17, 15) is 0 Å². The summed E-state index contributed by atoms with van der Waals surface area (Å²) in [5.74, 6) is 0. The molecule has 0 fully saturated rings. The highest BCUT2D eigenvalue weighted by Crippen LogP contribution is 2.18. The topological polar surface area (TPSA) is 17.3 Å². The van der Waals surface area contributed by atoms with Gasteiger partial charge in [0.2, 0.25) is 0 Å². The molecule has 2 heterocycles. The Morgan fingerprint density at radius 1 is 1.05 bits per heavy atom. The van der Waals surface area contributed by atoms with Gasteiger partial charge < -0.3 is 4.40 Å². The summed E-state index contributed by atoms with van der Waals surface area (Å²) in [6.45, 7) is 4.25. The lowest BCUT2D eigenvalue weighted by Gasteiger charge is -2.01. The van der Waals surface area contributed by atoms with Crippen molar-refractivity contribution in [3.63, 3.8) is 0 Å². The molecule has 0 spiro atoms. The maximum Gasteiger partial charge on any atom is 0.144 e. The van der Waals surface area contributed by atoms with Crippen LogP contribution in [0, 0.1) is 6.92 Å². The fourth-order valence-electron chi connectivity index (χ4n) is 2.56. The van der Waals surface area contributed by atoms with E-state index in [1.807, 2.05) is 6.07 Å². The average Bonchev–Trinajstić information content (AvgIpc) is 2.82. The number of benzene rings is 1. The van der Waals surface area contributed by atoms with Crippen LogP contribution in [0.15, 0.2) is 48.7 Å². The van der Waals surface area contributed by atoms with Gasteiger partial charge in [-0.05, 0) is 31.0 Å². The van der Waals surface area contributed by atoms with Crippen LogP contribution in [0.3, 0.4) is 0 Å². The molecule has 0 unspecified atom stereocenters. The van der Waals surface area contributed by atoms with E-state index in [2.05, 4.69) is 73.0 Å². The first-order chi connectivity index (χ1) is 9.79. The average molecular weight is 262 g/mol. The van der Waals surface area contributed by atoms with Crippen LogP contribution in [0.25, 0.3) is 17.8 Å². The van der Waals surface area contributed by atoms with Crippen LogP contribution < -0.4 is 0 Å². The fraction of sp³-hybridized carbons (Fsp3) is 0.167. The number of aryl methyl sites for hydroxylation is 2. The fourth-order valence-corrected chi connectivity index (χ4v) is 2.56. The monoisotopic (exact) mass is 262 g/mol. The van der Waals surface area contributed by atoms with Gasteiger partial charge in [0.05, 0.1) is 5.69 Å². The van der Waals surface area contributed by atoms with Crippen LogP contribution in [0.1, 0.15) is 29.4 Å². The molecule has 0 amide bonds. The van der Waals surface area contributed by atoms with E-state index in [4.69, 9.17) is 4.98 Å². The molecule has 1 aromatic carbocycles. The first-order valence-electron chi connectivity index (χ1n) is 6.99. The van der Waals surface area contributed by atoms with Crippen molar-refractivity contribution in [2.45, 2.75) is 20.3 Å². The van der Waals surface area contributed by atoms with Crippen molar-refractivity contribution in [1.82, 2.24) is 9.38 Å². The van der Waals surface area contributed by atoms with Crippen molar-refractivity contribution in [3.05, 3.63) is 71.2 Å². The Labute approximate surface area is 119 Å². The molecular formula is C18H18N2. The molecule has 2 aromatic heterocycles. The molecule has 0 atom stereocenters. The summed E-state index contributed by atoms with van der Waals surface area (Å²) in [6, 6.07) is 14.5. The highest BCUT2D eigenvalue weighted by atomic mass is 15.0. The summed E-state index contributed by atoms with van der Waals surface area (Å²) in [5.41, 5.74) is 5.80. The lowest BCUT2D eigenvalue weighted by molar-refractivity contribution is 0.977. The zero-order chi connectivity index (χ0) is 13.9. The highest BCUT2D eigenvalue weighted by molar-refractivity contribution is 5.76. The lowest BCUT2D eigenvalue weighted by Crippen LogP contribution is -1.92. The number of imidazole rings is 1. The maximum absolute atomic E-state index is 4.71. The summed E-state index contributed by atoms with van der Waals surface area (Å²) in [5, 5.41) is 0. The van der Waals surface area contributed by atoms with Crippen molar-refractivity contribution in [2.75, 3.05) is 0 Å². The highest BCUT2D eigenvalue weighted by Gasteiger charge is 2.08. The molecule has 2 nitrogen and oxygen atoms in total. The molecule has 0 N–H and O–H groups in total. The van der Waals surface area contributed by atoms with E-state index in [1.54, 1.807) is 0 Å². The number of hydrogen-bond acceptors (Lipinski definition) is 1. The maximum atomic E-state index is 4.71. The number of nitrogens with zero attached hydrogens (tertiary/aromatic N) is 2. The Kier molecular flexibility index (Phi) is 3.38. The smallest absolute Gasteiger partial charge is 0.144 e. The molecule has 0 saturated carbocycles. The summed E-state index contributed by atoms with van der Waals surface area (Å²) >= 11 is 0. The third-order valence-corrected chi connectivity index (χ3v) is 3.57. The Morgan fingerprint density at radius 2 is 1.85 bits per heavy atom. The van der Waals surface area contributed by atoms with Gasteiger partial charge in [-0.1, -0.05) is 49.4 Å². The molecule has 2 heteroatoms. The van der Waals surface area contributed by atoms with Crippen LogP contribution >= 0.6 is 0 Å². The molecule has 0 aliphatic carbocycles. The second kappa shape index (κ2) is 5.33. The van der Waals surface area contributed by atoms with Crippen LogP contribution in [0.4, 0.5) is 0 Å². The summed E-state index contributed by atoms with van der Waals surface area (Å²) in [4.78, 5) is 4.71. The van der Waals surface area contributed by atoms with Crippen molar-refractivity contribution < 1.29 is 0 Å². The molecule has 3 rings (SSSR count). The quantitative estimate of drug-likeness (QED) is 0.685. The third-order valence-electron chi connectivity index (χ3n) is 3.57. The van der Waals surface area contributed by atoms with Gasteiger partial charge in [0.25, 0.3) is 0 Å². The standard InChI is InChI=1S/C18H18N2/c1-3-17-14(2)19-18-16(10-7-13-20(17)18)12-11-15-8-5-4-6-9-15/h4-13H,3H2,1-2H3/b12-11-. The molecule has 0 aliphatic heterocycles. The van der Waals surface area contributed by atoms with E-state index < -0.39 is 0 Å². The zero-order valence-electron chi connectivity index (χ0n) is 11.9. The number of fused-ring (bicyclic) bond motifs is 1. The van der Waals surface area contributed by atoms with Gasteiger partial charge in [0.15, 0.2) is 0 Å². The first-order valence-corrected chi connectivity index (χ1v) is 6.99. The largest absolute Gasteiger partial charge is 0.303 e. The van der Waals surface area contributed by atoms with Crippen LogP contribution in [0.5, 0.6) is 0 Å². The minimum Gasteiger partial charge on any atom is -0.303 e. The summed E-state index contributed by atoms with van der Waals surface area (Å²) in [6.07, 6.45) is 7.36.